The summed E-state index contributed by atoms with van der Waals surface area (Å²) >= 11 is 19.2. The maximum Gasteiger partial charge on any atom is 0.127 e. The number of hydrogen-bond acceptors (Lipinski definition) is 1. The fourth-order valence-corrected chi connectivity index (χ4v) is 3.40. The summed E-state index contributed by atoms with van der Waals surface area (Å²) < 4.78 is 5.71. The molecule has 1 nitrogen and oxygen atoms in total. The molecular weight excluding hydrogens is 315 g/mol. The molecule has 0 aromatic heterocycles. The minimum atomic E-state index is -0.368. The number of fused-ring (bicyclic) bond motifs is 1. The van der Waals surface area contributed by atoms with E-state index in [0.717, 1.165) is 34.4 Å². The van der Waals surface area contributed by atoms with Crippen LogP contribution in [0.1, 0.15) is 27.6 Å². The molecule has 4 heteroatoms. The van der Waals surface area contributed by atoms with Crippen molar-refractivity contribution in [1.29, 1.82) is 0 Å². The van der Waals surface area contributed by atoms with Crippen molar-refractivity contribution in [2.75, 3.05) is 6.61 Å². The van der Waals surface area contributed by atoms with E-state index in [2.05, 4.69) is 0 Å². The molecule has 0 spiro atoms. The van der Waals surface area contributed by atoms with E-state index in [1.54, 1.807) is 0 Å². The highest BCUT2D eigenvalue weighted by atomic mass is 35.5. The summed E-state index contributed by atoms with van der Waals surface area (Å²) in [6.07, 6.45) is 0.869. The third-order valence-electron chi connectivity index (χ3n) is 3.54. The Morgan fingerprint density at radius 3 is 2.75 bits per heavy atom. The number of benzene rings is 2. The molecule has 104 valence electrons. The molecule has 1 heterocycles. The lowest BCUT2D eigenvalue weighted by atomic mass is 9.99. The molecule has 2 aromatic rings. The second-order valence-electron chi connectivity index (χ2n) is 4.92. The van der Waals surface area contributed by atoms with E-state index in [-0.39, 0.29) is 5.38 Å². The zero-order valence-corrected chi connectivity index (χ0v) is 13.2. The Labute approximate surface area is 133 Å². The van der Waals surface area contributed by atoms with Gasteiger partial charge in [-0.3, -0.25) is 0 Å². The van der Waals surface area contributed by atoms with Crippen LogP contribution in [0.15, 0.2) is 30.3 Å². The summed E-state index contributed by atoms with van der Waals surface area (Å²) in [6.45, 7) is 2.64. The fourth-order valence-electron chi connectivity index (χ4n) is 2.52. The number of rotatable bonds is 2. The lowest BCUT2D eigenvalue weighted by Crippen LogP contribution is -1.99. The van der Waals surface area contributed by atoms with E-state index in [0.29, 0.717) is 16.7 Å². The van der Waals surface area contributed by atoms with Gasteiger partial charge in [-0.05, 0) is 35.7 Å². The zero-order valence-electron chi connectivity index (χ0n) is 10.9. The summed E-state index contributed by atoms with van der Waals surface area (Å²) in [5.41, 5.74) is 3.89. The smallest absolute Gasteiger partial charge is 0.127 e. The van der Waals surface area contributed by atoms with Gasteiger partial charge in [0.25, 0.3) is 0 Å². The number of ether oxygens (including phenoxy) is 1. The van der Waals surface area contributed by atoms with Gasteiger partial charge in [-0.2, -0.15) is 0 Å². The van der Waals surface area contributed by atoms with Crippen LogP contribution >= 0.6 is 34.8 Å². The Hall–Kier alpha value is -0.890. The molecular formula is C16H13Cl3O. The number of alkyl halides is 1. The molecule has 1 unspecified atom stereocenters. The predicted octanol–water partition coefficient (Wildman–Crippen LogP) is 5.56. The number of aryl methyl sites for hydroxylation is 1. The van der Waals surface area contributed by atoms with Crippen LogP contribution in [0.5, 0.6) is 5.75 Å². The third kappa shape index (κ3) is 2.39. The van der Waals surface area contributed by atoms with Gasteiger partial charge < -0.3 is 4.74 Å². The first-order valence-electron chi connectivity index (χ1n) is 6.42. The average Bonchev–Trinajstić information content (AvgIpc) is 2.88. The first-order chi connectivity index (χ1) is 9.58. The predicted molar refractivity (Wildman–Crippen MR) is 84.5 cm³/mol. The van der Waals surface area contributed by atoms with Crippen LogP contribution < -0.4 is 4.74 Å². The van der Waals surface area contributed by atoms with E-state index < -0.39 is 0 Å². The van der Waals surface area contributed by atoms with E-state index >= 15 is 0 Å². The lowest BCUT2D eigenvalue weighted by Gasteiger charge is -2.17. The van der Waals surface area contributed by atoms with Crippen LogP contribution in [0.2, 0.25) is 10.0 Å². The van der Waals surface area contributed by atoms with Crippen molar-refractivity contribution in [3.8, 4) is 5.75 Å². The van der Waals surface area contributed by atoms with Crippen molar-refractivity contribution < 1.29 is 4.74 Å². The van der Waals surface area contributed by atoms with Crippen LogP contribution in [0, 0.1) is 6.92 Å². The molecule has 0 radical (unpaired) electrons. The zero-order chi connectivity index (χ0) is 14.3. The van der Waals surface area contributed by atoms with Crippen LogP contribution in [0.3, 0.4) is 0 Å². The Balaban J connectivity index is 2.11. The summed E-state index contributed by atoms with van der Waals surface area (Å²) in [6, 6.07) is 9.66. The normalized spacial score (nSPS) is 14.8. The van der Waals surface area contributed by atoms with Gasteiger partial charge in [-0.1, -0.05) is 41.4 Å². The van der Waals surface area contributed by atoms with Crippen molar-refractivity contribution in [2.24, 2.45) is 0 Å². The molecule has 0 N–H and O–H groups in total. The molecule has 1 aliphatic heterocycles. The second kappa shape index (κ2) is 5.48. The van der Waals surface area contributed by atoms with Gasteiger partial charge in [0, 0.05) is 22.0 Å². The second-order valence-corrected chi connectivity index (χ2v) is 6.17. The van der Waals surface area contributed by atoms with Crippen LogP contribution in [-0.2, 0) is 6.42 Å². The van der Waals surface area contributed by atoms with E-state index in [1.165, 1.54) is 0 Å². The van der Waals surface area contributed by atoms with Crippen molar-refractivity contribution >= 4 is 34.8 Å². The van der Waals surface area contributed by atoms with Gasteiger partial charge >= 0.3 is 0 Å². The summed E-state index contributed by atoms with van der Waals surface area (Å²) in [5, 5.41) is 1.01. The van der Waals surface area contributed by atoms with Crippen molar-refractivity contribution in [1.82, 2.24) is 0 Å². The molecule has 0 bridgehead atoms. The van der Waals surface area contributed by atoms with Crippen molar-refractivity contribution in [3.63, 3.8) is 0 Å². The molecule has 1 aliphatic rings. The van der Waals surface area contributed by atoms with Gasteiger partial charge in [-0.15, -0.1) is 11.6 Å². The van der Waals surface area contributed by atoms with Crippen LogP contribution in [0.4, 0.5) is 0 Å². The Morgan fingerprint density at radius 1 is 1.15 bits per heavy atom. The monoisotopic (exact) mass is 326 g/mol. The maximum absolute atomic E-state index is 6.64. The van der Waals surface area contributed by atoms with Gasteiger partial charge in [0.15, 0.2) is 0 Å². The van der Waals surface area contributed by atoms with Crippen LogP contribution in [-0.4, -0.2) is 6.61 Å². The Morgan fingerprint density at radius 2 is 1.95 bits per heavy atom. The standard InChI is InChI=1S/C16H13Cl3O/c1-9-3-2-4-12(14(9)18)15(19)13-8-11(17)7-10-5-6-20-16(10)13/h2-4,7-8,15H,5-6H2,1H3. The first kappa shape index (κ1) is 14.1. The summed E-state index contributed by atoms with van der Waals surface area (Å²) in [5.74, 6) is 0.854. The highest BCUT2D eigenvalue weighted by Crippen LogP contribution is 2.43. The minimum Gasteiger partial charge on any atom is -0.493 e. The minimum absolute atomic E-state index is 0.368. The fraction of sp³-hybridized carbons (Fsp3) is 0.250. The Bertz CT molecular complexity index is 667. The average molecular weight is 328 g/mol. The highest BCUT2D eigenvalue weighted by molar-refractivity contribution is 6.34. The summed E-state index contributed by atoms with van der Waals surface area (Å²) in [7, 11) is 0. The Kier molecular flexibility index (Phi) is 3.85. The summed E-state index contributed by atoms with van der Waals surface area (Å²) in [4.78, 5) is 0. The van der Waals surface area contributed by atoms with Gasteiger partial charge in [0.2, 0.25) is 0 Å². The quantitative estimate of drug-likeness (QED) is 0.656. The molecule has 3 rings (SSSR count). The first-order valence-corrected chi connectivity index (χ1v) is 7.61. The molecule has 0 amide bonds. The number of hydrogen-bond donors (Lipinski definition) is 0. The van der Waals surface area contributed by atoms with Crippen molar-refractivity contribution in [3.05, 3.63) is 62.6 Å². The highest BCUT2D eigenvalue weighted by Gasteiger charge is 2.24. The third-order valence-corrected chi connectivity index (χ3v) is 4.75. The molecule has 2 aromatic carbocycles. The van der Waals surface area contributed by atoms with E-state index in [4.69, 9.17) is 39.5 Å². The van der Waals surface area contributed by atoms with E-state index in [1.807, 2.05) is 37.3 Å². The van der Waals surface area contributed by atoms with Gasteiger partial charge in [0.1, 0.15) is 5.75 Å². The lowest BCUT2D eigenvalue weighted by molar-refractivity contribution is 0.353. The van der Waals surface area contributed by atoms with Crippen molar-refractivity contribution in [2.45, 2.75) is 18.7 Å². The molecule has 20 heavy (non-hydrogen) atoms. The molecule has 0 fully saturated rings. The van der Waals surface area contributed by atoms with Gasteiger partial charge in [0.05, 0.1) is 12.0 Å². The largest absolute Gasteiger partial charge is 0.493 e. The topological polar surface area (TPSA) is 9.23 Å². The molecule has 0 saturated carbocycles. The van der Waals surface area contributed by atoms with E-state index in [9.17, 15) is 0 Å². The molecule has 1 atom stereocenters. The molecule has 0 saturated heterocycles. The number of halogens is 3. The maximum atomic E-state index is 6.64. The van der Waals surface area contributed by atoms with Gasteiger partial charge in [-0.25, -0.2) is 0 Å². The molecule has 0 aliphatic carbocycles. The SMILES string of the molecule is Cc1cccc(C(Cl)c2cc(Cl)cc3c2OCC3)c1Cl. The van der Waals surface area contributed by atoms with Crippen LogP contribution in [0.25, 0.3) is 0 Å².